The number of nitrogens with zero attached hydrogens (tertiary/aromatic N) is 6. The Hall–Kier alpha value is -3.58. The van der Waals surface area contributed by atoms with Gasteiger partial charge in [0.05, 0.1) is 40.1 Å². The van der Waals surface area contributed by atoms with Gasteiger partial charge < -0.3 is 10.6 Å². The van der Waals surface area contributed by atoms with E-state index in [1.807, 2.05) is 47.3 Å². The van der Waals surface area contributed by atoms with Gasteiger partial charge in [0, 0.05) is 56.7 Å². The van der Waals surface area contributed by atoms with Crippen LogP contribution in [-0.4, -0.2) is 43.5 Å². The summed E-state index contributed by atoms with van der Waals surface area (Å²) in [4.78, 5) is 7.01. The fraction of sp³-hybridized carbons (Fsp3) is 0.294. The van der Waals surface area contributed by atoms with Gasteiger partial charge in [0.25, 0.3) is 0 Å². The Morgan fingerprint density at radius 2 is 1.61 bits per heavy atom. The number of benzene rings is 3. The van der Waals surface area contributed by atoms with Crippen molar-refractivity contribution in [2.24, 2.45) is 0 Å². The average molecular weight is 694 g/mol. The zero-order valence-corrected chi connectivity index (χ0v) is 28.6. The van der Waals surface area contributed by atoms with Crippen LogP contribution >= 0.6 is 46.4 Å². The van der Waals surface area contributed by atoms with Gasteiger partial charge in [-0.15, -0.1) is 5.10 Å². The van der Waals surface area contributed by atoms with Crippen LogP contribution in [-0.2, 0) is 0 Å². The normalized spacial score (nSPS) is 15.1. The predicted octanol–water partition coefficient (Wildman–Crippen LogP) is 9.69. The molecule has 5 aromatic rings. The molecule has 3 aromatic carbocycles. The number of fused-ring (bicyclic) bond motifs is 1. The van der Waals surface area contributed by atoms with Crippen LogP contribution in [0.3, 0.4) is 0 Å². The Morgan fingerprint density at radius 3 is 2.26 bits per heavy atom. The molecule has 2 N–H and O–H groups in total. The first kappa shape index (κ1) is 32.4. The SMILES string of the molecule is CC(C)(C)N1CCC(n2cc(C(Nc3cc(Cl)c4ncc(C#N)c(Nc5cc(Cl)cc(Cl)c5)c4c3)c3ccc(Cl)cc3)nn2)CC1. The minimum absolute atomic E-state index is 0.142. The molecule has 6 rings (SSSR count). The summed E-state index contributed by atoms with van der Waals surface area (Å²) in [6.07, 6.45) is 5.52. The van der Waals surface area contributed by atoms with Gasteiger partial charge in [0.1, 0.15) is 11.8 Å². The van der Waals surface area contributed by atoms with Crippen LogP contribution in [0.25, 0.3) is 10.9 Å². The van der Waals surface area contributed by atoms with E-state index in [4.69, 9.17) is 46.4 Å². The van der Waals surface area contributed by atoms with Crippen molar-refractivity contribution in [3.05, 3.63) is 104 Å². The Bertz CT molecular complexity index is 1900. The lowest BCUT2D eigenvalue weighted by molar-refractivity contribution is 0.0866. The van der Waals surface area contributed by atoms with Gasteiger partial charge in [-0.3, -0.25) is 9.88 Å². The minimum atomic E-state index is -0.371. The third-order valence-corrected chi connectivity index (χ3v) is 9.28. The predicted molar refractivity (Wildman–Crippen MR) is 188 cm³/mol. The summed E-state index contributed by atoms with van der Waals surface area (Å²) in [5.74, 6) is 0. The molecule has 1 atom stereocenters. The van der Waals surface area contributed by atoms with E-state index in [0.29, 0.717) is 53.6 Å². The molecule has 8 nitrogen and oxygen atoms in total. The number of hydrogen-bond donors (Lipinski definition) is 2. The molecule has 1 fully saturated rings. The Labute approximate surface area is 288 Å². The van der Waals surface area contributed by atoms with Crippen LogP contribution in [0.2, 0.25) is 20.1 Å². The van der Waals surface area contributed by atoms with Crippen molar-refractivity contribution < 1.29 is 0 Å². The number of pyridine rings is 1. The van der Waals surface area contributed by atoms with Crippen molar-refractivity contribution in [2.75, 3.05) is 23.7 Å². The van der Waals surface area contributed by atoms with E-state index in [1.165, 1.54) is 6.20 Å². The summed E-state index contributed by atoms with van der Waals surface area (Å²) >= 11 is 25.6. The molecule has 1 unspecified atom stereocenters. The monoisotopic (exact) mass is 692 g/mol. The number of anilines is 3. The Morgan fingerprint density at radius 1 is 0.913 bits per heavy atom. The molecule has 2 aromatic heterocycles. The van der Waals surface area contributed by atoms with E-state index in [0.717, 1.165) is 37.2 Å². The summed E-state index contributed by atoms with van der Waals surface area (Å²) in [7, 11) is 0. The van der Waals surface area contributed by atoms with E-state index in [-0.39, 0.29) is 17.6 Å². The lowest BCUT2D eigenvalue weighted by Gasteiger charge is -2.40. The van der Waals surface area contributed by atoms with E-state index in [2.05, 4.69) is 57.7 Å². The number of piperidine rings is 1. The fourth-order valence-corrected chi connectivity index (χ4v) is 6.81. The summed E-state index contributed by atoms with van der Waals surface area (Å²) in [6, 6.07) is 18.6. The van der Waals surface area contributed by atoms with Gasteiger partial charge in [-0.25, -0.2) is 4.68 Å². The van der Waals surface area contributed by atoms with E-state index in [9.17, 15) is 5.26 Å². The quantitative estimate of drug-likeness (QED) is 0.175. The smallest absolute Gasteiger partial charge is 0.109 e. The summed E-state index contributed by atoms with van der Waals surface area (Å²) < 4.78 is 1.99. The molecule has 0 saturated carbocycles. The third kappa shape index (κ3) is 7.05. The van der Waals surface area contributed by atoms with Crippen molar-refractivity contribution in [1.29, 1.82) is 5.26 Å². The number of halogens is 4. The van der Waals surface area contributed by atoms with Gasteiger partial charge in [-0.05, 0) is 81.6 Å². The highest BCUT2D eigenvalue weighted by molar-refractivity contribution is 6.36. The molecule has 0 aliphatic carbocycles. The van der Waals surface area contributed by atoms with Crippen LogP contribution < -0.4 is 10.6 Å². The van der Waals surface area contributed by atoms with E-state index >= 15 is 0 Å². The molecule has 0 bridgehead atoms. The second kappa shape index (κ2) is 13.3. The second-order valence-electron chi connectivity index (χ2n) is 12.4. The van der Waals surface area contributed by atoms with Crippen LogP contribution in [0, 0.1) is 11.3 Å². The third-order valence-electron chi connectivity index (χ3n) is 8.30. The highest BCUT2D eigenvalue weighted by atomic mass is 35.5. The first-order valence-electron chi connectivity index (χ1n) is 14.9. The molecule has 46 heavy (non-hydrogen) atoms. The maximum absolute atomic E-state index is 9.97. The summed E-state index contributed by atoms with van der Waals surface area (Å²) in [6.45, 7) is 8.78. The minimum Gasteiger partial charge on any atom is -0.373 e. The van der Waals surface area contributed by atoms with Crippen molar-refractivity contribution in [3.63, 3.8) is 0 Å². The maximum Gasteiger partial charge on any atom is 0.109 e. The Kier molecular flexibility index (Phi) is 9.33. The van der Waals surface area contributed by atoms with Crippen molar-refractivity contribution >= 4 is 74.4 Å². The lowest BCUT2D eigenvalue weighted by atomic mass is 9.98. The summed E-state index contributed by atoms with van der Waals surface area (Å²) in [5.41, 5.74) is 4.59. The number of aromatic nitrogens is 4. The average Bonchev–Trinajstić information content (AvgIpc) is 3.50. The number of rotatable bonds is 7. The molecule has 12 heteroatoms. The fourth-order valence-electron chi connectivity index (χ4n) is 5.88. The van der Waals surface area contributed by atoms with Crippen molar-refractivity contribution in [1.82, 2.24) is 24.9 Å². The Balaban J connectivity index is 1.36. The largest absolute Gasteiger partial charge is 0.373 e. The van der Waals surface area contributed by atoms with Crippen LogP contribution in [0.5, 0.6) is 0 Å². The topological polar surface area (TPSA) is 94.7 Å². The van der Waals surface area contributed by atoms with Gasteiger partial charge in [0.15, 0.2) is 0 Å². The molecule has 236 valence electrons. The van der Waals surface area contributed by atoms with Gasteiger partial charge in [0.2, 0.25) is 0 Å². The number of nitrogens with one attached hydrogen (secondary N) is 2. The maximum atomic E-state index is 9.97. The van der Waals surface area contributed by atoms with E-state index < -0.39 is 0 Å². The first-order valence-corrected chi connectivity index (χ1v) is 16.4. The number of hydrogen-bond acceptors (Lipinski definition) is 7. The summed E-state index contributed by atoms with van der Waals surface area (Å²) in [5, 5.41) is 28.7. The number of nitriles is 1. The van der Waals surface area contributed by atoms with Gasteiger partial charge in [-0.1, -0.05) is 63.7 Å². The molecule has 0 amide bonds. The zero-order chi connectivity index (χ0) is 32.6. The van der Waals surface area contributed by atoms with Crippen LogP contribution in [0.1, 0.15) is 62.5 Å². The highest BCUT2D eigenvalue weighted by Crippen LogP contribution is 2.38. The van der Waals surface area contributed by atoms with Crippen molar-refractivity contribution in [2.45, 2.75) is 51.2 Å². The first-order chi connectivity index (χ1) is 22.0. The van der Waals surface area contributed by atoms with Crippen LogP contribution in [0.4, 0.5) is 17.1 Å². The molecule has 1 saturated heterocycles. The van der Waals surface area contributed by atoms with E-state index in [1.54, 1.807) is 18.2 Å². The lowest BCUT2D eigenvalue weighted by Crippen LogP contribution is -2.46. The zero-order valence-electron chi connectivity index (χ0n) is 25.5. The molecule has 0 spiro atoms. The molecule has 1 aliphatic rings. The molecular formula is C34H32Cl4N8. The molecule has 0 radical (unpaired) electrons. The van der Waals surface area contributed by atoms with Crippen molar-refractivity contribution in [3.8, 4) is 6.07 Å². The van der Waals surface area contributed by atoms with Gasteiger partial charge in [-0.2, -0.15) is 5.26 Å². The second-order valence-corrected chi connectivity index (χ2v) is 14.2. The molecule has 1 aliphatic heterocycles. The number of likely N-dealkylation sites (tertiary alicyclic amines) is 1. The van der Waals surface area contributed by atoms with Gasteiger partial charge >= 0.3 is 0 Å². The molecule has 3 heterocycles. The van der Waals surface area contributed by atoms with Crippen LogP contribution in [0.15, 0.2) is 67.0 Å². The standard InChI is InChI=1S/C34H32Cl4N8/c1-34(2,3)45-10-8-27(9-11-45)46-19-30(43-44-46)32(20-4-6-22(35)7-5-20)42-26-15-28-31(41-25-13-23(36)12-24(37)14-25)21(17-39)18-40-33(28)29(38)16-26/h4-7,12-16,18-19,27,32,42H,8-11H2,1-3H3,(H,40,41). The molecular weight excluding hydrogens is 662 g/mol. The highest BCUT2D eigenvalue weighted by Gasteiger charge is 2.29.